The van der Waals surface area contributed by atoms with Gasteiger partial charge < -0.3 is 4.74 Å². The van der Waals surface area contributed by atoms with E-state index in [0.29, 0.717) is 38.4 Å². The summed E-state index contributed by atoms with van der Waals surface area (Å²) in [6.45, 7) is 0. The van der Waals surface area contributed by atoms with Crippen LogP contribution in [0, 0.1) is 0 Å². The van der Waals surface area contributed by atoms with Crippen molar-refractivity contribution in [2.75, 3.05) is 0 Å². The molecule has 0 spiro atoms. The molecule has 0 amide bonds. The summed E-state index contributed by atoms with van der Waals surface area (Å²) < 4.78 is 5.55. The van der Waals surface area contributed by atoms with Crippen LogP contribution < -0.4 is 4.74 Å². The van der Waals surface area contributed by atoms with Crippen molar-refractivity contribution in [3.8, 4) is 11.5 Å². The minimum Gasteiger partial charge on any atom is -0.456 e. The van der Waals surface area contributed by atoms with Crippen molar-refractivity contribution in [1.82, 2.24) is 0 Å². The van der Waals surface area contributed by atoms with Crippen molar-refractivity contribution in [3.63, 3.8) is 0 Å². The summed E-state index contributed by atoms with van der Waals surface area (Å²) >= 11 is 17.7. The number of ether oxygens (including phenoxy) is 1. The second-order valence-electron chi connectivity index (χ2n) is 3.48. The zero-order valence-electron chi connectivity index (χ0n) is 8.99. The molecule has 5 heteroatoms. The van der Waals surface area contributed by atoms with E-state index in [4.69, 9.17) is 39.5 Å². The van der Waals surface area contributed by atoms with Gasteiger partial charge in [0.05, 0.1) is 10.0 Å². The number of carbonyl (C=O) groups is 1. The lowest BCUT2D eigenvalue weighted by Gasteiger charge is -2.08. The molecule has 0 bridgehead atoms. The summed E-state index contributed by atoms with van der Waals surface area (Å²) in [5, 5.41) is 1.26. The Hall–Kier alpha value is -1.22. The first-order valence-electron chi connectivity index (χ1n) is 4.98. The molecule has 0 aliphatic carbocycles. The van der Waals surface area contributed by atoms with Crippen molar-refractivity contribution in [3.05, 3.63) is 57.0 Å². The van der Waals surface area contributed by atoms with E-state index in [9.17, 15) is 4.79 Å². The van der Waals surface area contributed by atoms with Crippen LogP contribution >= 0.6 is 34.8 Å². The van der Waals surface area contributed by atoms with Gasteiger partial charge in [-0.25, -0.2) is 0 Å². The predicted molar refractivity (Wildman–Crippen MR) is 73.4 cm³/mol. The molecule has 0 saturated carbocycles. The molecule has 2 rings (SSSR count). The Labute approximate surface area is 119 Å². The van der Waals surface area contributed by atoms with E-state index in [0.717, 1.165) is 0 Å². The molecule has 0 heterocycles. The van der Waals surface area contributed by atoms with Gasteiger partial charge in [0.25, 0.3) is 0 Å². The second-order valence-corrected chi connectivity index (χ2v) is 4.73. The highest BCUT2D eigenvalue weighted by Gasteiger charge is 2.06. The van der Waals surface area contributed by atoms with Gasteiger partial charge in [-0.1, -0.05) is 34.8 Å². The Kier molecular flexibility index (Phi) is 4.12. The van der Waals surface area contributed by atoms with Crippen LogP contribution in [-0.2, 0) is 0 Å². The fourth-order valence-electron chi connectivity index (χ4n) is 1.35. The number of rotatable bonds is 3. The van der Waals surface area contributed by atoms with E-state index in [1.54, 1.807) is 36.4 Å². The van der Waals surface area contributed by atoms with E-state index in [-0.39, 0.29) is 0 Å². The Bertz CT molecular complexity index is 597. The standard InChI is InChI=1S/C13H7Cl3O2/c14-9-2-4-13(12(16)5-9)18-10-3-1-8(7-17)11(15)6-10/h1-7H. The smallest absolute Gasteiger partial charge is 0.151 e. The van der Waals surface area contributed by atoms with Crippen molar-refractivity contribution < 1.29 is 9.53 Å². The average molecular weight is 302 g/mol. The lowest BCUT2D eigenvalue weighted by molar-refractivity contribution is 0.112. The minimum absolute atomic E-state index is 0.326. The lowest BCUT2D eigenvalue weighted by Crippen LogP contribution is -1.87. The van der Waals surface area contributed by atoms with Crippen LogP contribution in [0.5, 0.6) is 11.5 Å². The van der Waals surface area contributed by atoms with E-state index < -0.39 is 0 Å². The van der Waals surface area contributed by atoms with E-state index in [1.807, 2.05) is 0 Å². The highest BCUT2D eigenvalue weighted by Crippen LogP contribution is 2.32. The molecule has 2 aromatic carbocycles. The monoisotopic (exact) mass is 300 g/mol. The first-order valence-corrected chi connectivity index (χ1v) is 6.11. The van der Waals surface area contributed by atoms with Crippen molar-refractivity contribution in [2.24, 2.45) is 0 Å². The molecule has 2 nitrogen and oxygen atoms in total. The van der Waals surface area contributed by atoms with Gasteiger partial charge in [0, 0.05) is 16.7 Å². The maximum atomic E-state index is 10.6. The zero-order valence-corrected chi connectivity index (χ0v) is 11.3. The highest BCUT2D eigenvalue weighted by molar-refractivity contribution is 6.35. The fraction of sp³-hybridized carbons (Fsp3) is 0. The van der Waals surface area contributed by atoms with Gasteiger partial charge in [-0.2, -0.15) is 0 Å². The highest BCUT2D eigenvalue weighted by atomic mass is 35.5. The molecule has 2 aromatic rings. The Morgan fingerprint density at radius 1 is 0.944 bits per heavy atom. The second kappa shape index (κ2) is 5.61. The third-order valence-electron chi connectivity index (χ3n) is 2.22. The first-order chi connectivity index (χ1) is 8.60. The number of benzene rings is 2. The number of halogens is 3. The molecule has 0 unspecified atom stereocenters. The van der Waals surface area contributed by atoms with Crippen LogP contribution in [0.1, 0.15) is 10.4 Å². The van der Waals surface area contributed by atoms with Crippen LogP contribution in [-0.4, -0.2) is 6.29 Å². The Balaban J connectivity index is 2.28. The largest absolute Gasteiger partial charge is 0.456 e. The van der Waals surface area contributed by atoms with Gasteiger partial charge >= 0.3 is 0 Å². The number of hydrogen-bond donors (Lipinski definition) is 0. The third-order valence-corrected chi connectivity index (χ3v) is 3.08. The minimum atomic E-state index is 0.326. The molecule has 18 heavy (non-hydrogen) atoms. The quantitative estimate of drug-likeness (QED) is 0.724. The molecular weight excluding hydrogens is 294 g/mol. The topological polar surface area (TPSA) is 26.3 Å². The van der Waals surface area contributed by atoms with Gasteiger partial charge in [0.1, 0.15) is 11.5 Å². The van der Waals surface area contributed by atoms with Crippen LogP contribution in [0.3, 0.4) is 0 Å². The van der Waals surface area contributed by atoms with E-state index in [2.05, 4.69) is 0 Å². The Morgan fingerprint density at radius 3 is 2.33 bits per heavy atom. The van der Waals surface area contributed by atoms with Gasteiger partial charge in [0.2, 0.25) is 0 Å². The normalized spacial score (nSPS) is 10.2. The molecule has 92 valence electrons. The van der Waals surface area contributed by atoms with E-state index >= 15 is 0 Å². The molecule has 0 radical (unpaired) electrons. The van der Waals surface area contributed by atoms with Gasteiger partial charge in [0.15, 0.2) is 6.29 Å². The van der Waals surface area contributed by atoms with Crippen LogP contribution in [0.25, 0.3) is 0 Å². The van der Waals surface area contributed by atoms with E-state index in [1.165, 1.54) is 0 Å². The number of carbonyl (C=O) groups excluding carboxylic acids is 1. The fourth-order valence-corrected chi connectivity index (χ4v) is 2.01. The zero-order chi connectivity index (χ0) is 13.1. The summed E-state index contributed by atoms with van der Waals surface area (Å²) in [5.74, 6) is 0.964. The predicted octanol–water partition coefficient (Wildman–Crippen LogP) is 5.25. The maximum absolute atomic E-state index is 10.6. The van der Waals surface area contributed by atoms with Crippen LogP contribution in [0.2, 0.25) is 15.1 Å². The Morgan fingerprint density at radius 2 is 1.72 bits per heavy atom. The molecule has 0 fully saturated rings. The third kappa shape index (κ3) is 2.96. The summed E-state index contributed by atoms with van der Waals surface area (Å²) in [6, 6.07) is 9.68. The molecule has 0 N–H and O–H groups in total. The van der Waals surface area contributed by atoms with Crippen molar-refractivity contribution in [1.29, 1.82) is 0 Å². The summed E-state index contributed by atoms with van der Waals surface area (Å²) in [5.41, 5.74) is 0.409. The lowest BCUT2D eigenvalue weighted by atomic mass is 10.2. The van der Waals surface area contributed by atoms with Crippen molar-refractivity contribution in [2.45, 2.75) is 0 Å². The SMILES string of the molecule is O=Cc1ccc(Oc2ccc(Cl)cc2Cl)cc1Cl. The number of aldehydes is 1. The van der Waals surface area contributed by atoms with Gasteiger partial charge in [-0.05, 0) is 30.3 Å². The molecule has 0 atom stereocenters. The number of hydrogen-bond acceptors (Lipinski definition) is 2. The molecule has 0 aliphatic heterocycles. The van der Waals surface area contributed by atoms with Crippen molar-refractivity contribution >= 4 is 41.1 Å². The average Bonchev–Trinajstić information content (AvgIpc) is 2.33. The summed E-state index contributed by atoms with van der Waals surface area (Å²) in [6.07, 6.45) is 0.682. The maximum Gasteiger partial charge on any atom is 0.151 e. The summed E-state index contributed by atoms with van der Waals surface area (Å²) in [7, 11) is 0. The summed E-state index contributed by atoms with van der Waals surface area (Å²) in [4.78, 5) is 10.6. The first kappa shape index (κ1) is 13.2. The van der Waals surface area contributed by atoms with Crippen LogP contribution in [0.4, 0.5) is 0 Å². The van der Waals surface area contributed by atoms with Gasteiger partial charge in [-0.15, -0.1) is 0 Å². The molecule has 0 aliphatic rings. The molecule has 0 aromatic heterocycles. The van der Waals surface area contributed by atoms with Crippen LogP contribution in [0.15, 0.2) is 36.4 Å². The molecular formula is C13H7Cl3O2. The van der Waals surface area contributed by atoms with Gasteiger partial charge in [-0.3, -0.25) is 4.79 Å². The molecule has 0 saturated heterocycles.